The van der Waals surface area contributed by atoms with E-state index in [1.54, 1.807) is 6.26 Å². The molecule has 0 spiro atoms. The predicted octanol–water partition coefficient (Wildman–Crippen LogP) is 2.15. The Morgan fingerprint density at radius 2 is 2.12 bits per heavy atom. The van der Waals surface area contributed by atoms with Crippen molar-refractivity contribution < 1.29 is 4.42 Å². The first kappa shape index (κ1) is 11.7. The molecule has 0 saturated heterocycles. The summed E-state index contributed by atoms with van der Waals surface area (Å²) in [5, 5.41) is 6.84. The molecule has 1 heterocycles. The van der Waals surface area contributed by atoms with Crippen molar-refractivity contribution in [2.24, 2.45) is 5.92 Å². The maximum absolute atomic E-state index is 5.28. The summed E-state index contributed by atoms with van der Waals surface area (Å²) < 4.78 is 5.28. The molecular weight excluding hydrogens is 200 g/mol. The Kier molecular flexibility index (Phi) is 4.43. The Hall–Kier alpha value is -0.800. The van der Waals surface area contributed by atoms with Gasteiger partial charge in [0.15, 0.2) is 0 Å². The topological polar surface area (TPSA) is 37.2 Å². The SMILES string of the molecule is CNC1CCC(CNCc2ccco2)CC1. The zero-order valence-corrected chi connectivity index (χ0v) is 10.0. The van der Waals surface area contributed by atoms with Gasteiger partial charge < -0.3 is 15.1 Å². The molecule has 0 aliphatic heterocycles. The summed E-state index contributed by atoms with van der Waals surface area (Å²) in [6.07, 6.45) is 7.07. The van der Waals surface area contributed by atoms with E-state index in [1.165, 1.54) is 25.7 Å². The molecule has 1 saturated carbocycles. The van der Waals surface area contributed by atoms with E-state index >= 15 is 0 Å². The Morgan fingerprint density at radius 1 is 1.31 bits per heavy atom. The molecule has 1 aliphatic rings. The van der Waals surface area contributed by atoms with Crippen molar-refractivity contribution >= 4 is 0 Å². The van der Waals surface area contributed by atoms with E-state index in [-0.39, 0.29) is 0 Å². The summed E-state index contributed by atoms with van der Waals surface area (Å²) >= 11 is 0. The molecule has 1 aromatic rings. The van der Waals surface area contributed by atoms with Crippen molar-refractivity contribution in [3.63, 3.8) is 0 Å². The van der Waals surface area contributed by atoms with Crippen molar-refractivity contribution in [3.05, 3.63) is 24.2 Å². The van der Waals surface area contributed by atoms with E-state index in [0.29, 0.717) is 0 Å². The first-order valence-corrected chi connectivity index (χ1v) is 6.29. The van der Waals surface area contributed by atoms with E-state index < -0.39 is 0 Å². The van der Waals surface area contributed by atoms with Gasteiger partial charge in [-0.2, -0.15) is 0 Å². The quantitative estimate of drug-likeness (QED) is 0.801. The second-order valence-corrected chi connectivity index (χ2v) is 4.72. The van der Waals surface area contributed by atoms with Crippen LogP contribution in [-0.4, -0.2) is 19.6 Å². The van der Waals surface area contributed by atoms with Crippen molar-refractivity contribution in [2.45, 2.75) is 38.3 Å². The molecule has 0 amide bonds. The van der Waals surface area contributed by atoms with Crippen LogP contribution in [0.1, 0.15) is 31.4 Å². The number of rotatable bonds is 5. The molecule has 1 aliphatic carbocycles. The van der Waals surface area contributed by atoms with Gasteiger partial charge in [0.25, 0.3) is 0 Å². The molecule has 3 nitrogen and oxygen atoms in total. The van der Waals surface area contributed by atoms with Crippen LogP contribution in [0.3, 0.4) is 0 Å². The van der Waals surface area contributed by atoms with E-state index in [2.05, 4.69) is 17.7 Å². The number of hydrogen-bond acceptors (Lipinski definition) is 3. The maximum Gasteiger partial charge on any atom is 0.117 e. The van der Waals surface area contributed by atoms with Crippen LogP contribution in [0.15, 0.2) is 22.8 Å². The molecule has 3 heteroatoms. The highest BCUT2D eigenvalue weighted by Crippen LogP contribution is 2.23. The predicted molar refractivity (Wildman–Crippen MR) is 65.2 cm³/mol. The Bertz CT molecular complexity index is 276. The van der Waals surface area contributed by atoms with Crippen LogP contribution in [0.2, 0.25) is 0 Å². The molecule has 2 N–H and O–H groups in total. The molecule has 90 valence electrons. The summed E-state index contributed by atoms with van der Waals surface area (Å²) in [5.41, 5.74) is 0. The second-order valence-electron chi connectivity index (χ2n) is 4.72. The van der Waals surface area contributed by atoms with Gasteiger partial charge in [-0.05, 0) is 57.3 Å². The van der Waals surface area contributed by atoms with Crippen molar-refractivity contribution in [1.29, 1.82) is 0 Å². The molecule has 0 atom stereocenters. The van der Waals surface area contributed by atoms with Gasteiger partial charge in [-0.25, -0.2) is 0 Å². The van der Waals surface area contributed by atoms with Gasteiger partial charge >= 0.3 is 0 Å². The molecular formula is C13H22N2O. The minimum Gasteiger partial charge on any atom is -0.468 e. The fourth-order valence-corrected chi connectivity index (χ4v) is 2.47. The summed E-state index contributed by atoms with van der Waals surface area (Å²) in [6.45, 7) is 1.98. The van der Waals surface area contributed by atoms with Crippen molar-refractivity contribution in [3.8, 4) is 0 Å². The zero-order chi connectivity index (χ0) is 11.2. The molecule has 2 rings (SSSR count). The normalized spacial score (nSPS) is 25.8. The third kappa shape index (κ3) is 3.35. The molecule has 1 fully saturated rings. The van der Waals surface area contributed by atoms with Crippen LogP contribution >= 0.6 is 0 Å². The molecule has 16 heavy (non-hydrogen) atoms. The molecule has 0 aromatic carbocycles. The Labute approximate surface area is 97.6 Å². The van der Waals surface area contributed by atoms with Gasteiger partial charge in [-0.3, -0.25) is 0 Å². The van der Waals surface area contributed by atoms with Gasteiger partial charge in [0.2, 0.25) is 0 Å². The van der Waals surface area contributed by atoms with E-state index in [4.69, 9.17) is 4.42 Å². The minimum atomic E-state index is 0.751. The summed E-state index contributed by atoms with van der Waals surface area (Å²) in [7, 11) is 2.07. The standard InChI is InChI=1S/C13H22N2O/c1-14-12-6-4-11(5-7-12)9-15-10-13-3-2-8-16-13/h2-3,8,11-12,14-15H,4-7,9-10H2,1H3. The third-order valence-electron chi connectivity index (χ3n) is 3.57. The summed E-state index contributed by atoms with van der Waals surface area (Å²) in [6, 6.07) is 4.71. The molecule has 0 radical (unpaired) electrons. The van der Waals surface area contributed by atoms with Crippen LogP contribution in [-0.2, 0) is 6.54 Å². The highest BCUT2D eigenvalue weighted by atomic mass is 16.3. The largest absolute Gasteiger partial charge is 0.468 e. The van der Waals surface area contributed by atoms with Crippen LogP contribution in [0, 0.1) is 5.92 Å². The minimum absolute atomic E-state index is 0.751. The fourth-order valence-electron chi connectivity index (χ4n) is 2.47. The van der Waals surface area contributed by atoms with Crippen molar-refractivity contribution in [1.82, 2.24) is 10.6 Å². The summed E-state index contributed by atoms with van der Waals surface area (Å²) in [4.78, 5) is 0. The van der Waals surface area contributed by atoms with Gasteiger partial charge in [0.05, 0.1) is 12.8 Å². The first-order valence-electron chi connectivity index (χ1n) is 6.29. The lowest BCUT2D eigenvalue weighted by atomic mass is 9.86. The van der Waals surface area contributed by atoms with E-state index in [1.807, 2.05) is 12.1 Å². The average Bonchev–Trinajstić information content (AvgIpc) is 2.83. The van der Waals surface area contributed by atoms with Gasteiger partial charge in [0.1, 0.15) is 5.76 Å². The maximum atomic E-state index is 5.28. The Morgan fingerprint density at radius 3 is 2.75 bits per heavy atom. The number of nitrogens with one attached hydrogen (secondary N) is 2. The van der Waals surface area contributed by atoms with Gasteiger partial charge in [0, 0.05) is 6.04 Å². The van der Waals surface area contributed by atoms with E-state index in [0.717, 1.165) is 30.8 Å². The van der Waals surface area contributed by atoms with Crippen LogP contribution in [0.5, 0.6) is 0 Å². The lowest BCUT2D eigenvalue weighted by Gasteiger charge is -2.28. The number of furan rings is 1. The third-order valence-corrected chi connectivity index (χ3v) is 3.57. The van der Waals surface area contributed by atoms with Crippen molar-refractivity contribution in [2.75, 3.05) is 13.6 Å². The van der Waals surface area contributed by atoms with Gasteiger partial charge in [-0.1, -0.05) is 0 Å². The molecule has 1 aromatic heterocycles. The highest BCUT2D eigenvalue weighted by molar-refractivity contribution is 4.97. The molecule has 0 unspecified atom stereocenters. The molecule has 0 bridgehead atoms. The second kappa shape index (κ2) is 6.06. The fraction of sp³-hybridized carbons (Fsp3) is 0.692. The average molecular weight is 222 g/mol. The Balaban J connectivity index is 1.60. The number of hydrogen-bond donors (Lipinski definition) is 2. The summed E-state index contributed by atoms with van der Waals surface area (Å²) in [5.74, 6) is 1.88. The lowest BCUT2D eigenvalue weighted by Crippen LogP contribution is -2.33. The zero-order valence-electron chi connectivity index (χ0n) is 10.0. The highest BCUT2D eigenvalue weighted by Gasteiger charge is 2.19. The van der Waals surface area contributed by atoms with Crippen LogP contribution in [0.4, 0.5) is 0 Å². The smallest absolute Gasteiger partial charge is 0.117 e. The van der Waals surface area contributed by atoms with E-state index in [9.17, 15) is 0 Å². The monoisotopic (exact) mass is 222 g/mol. The first-order chi connectivity index (χ1) is 7.88. The van der Waals surface area contributed by atoms with Crippen LogP contribution in [0.25, 0.3) is 0 Å². The van der Waals surface area contributed by atoms with Gasteiger partial charge in [-0.15, -0.1) is 0 Å². The van der Waals surface area contributed by atoms with Crippen LogP contribution < -0.4 is 10.6 Å². The lowest BCUT2D eigenvalue weighted by molar-refractivity contribution is 0.290.